The minimum Gasteiger partial charge on any atom is -0.502 e. The quantitative estimate of drug-likeness (QED) is 0.478. The van der Waals surface area contributed by atoms with Gasteiger partial charge in [0, 0.05) is 12.5 Å². The number of pyridine rings is 1. The van der Waals surface area contributed by atoms with E-state index in [1.54, 1.807) is 24.8 Å². The van der Waals surface area contributed by atoms with E-state index in [0.717, 1.165) is 0 Å². The molecule has 14 heavy (non-hydrogen) atoms. The summed E-state index contributed by atoms with van der Waals surface area (Å²) in [6.07, 6.45) is 1.64. The lowest BCUT2D eigenvalue weighted by atomic mass is 10.1. The van der Waals surface area contributed by atoms with E-state index < -0.39 is 0 Å². The van der Waals surface area contributed by atoms with Gasteiger partial charge in [0.05, 0.1) is 25.8 Å². The van der Waals surface area contributed by atoms with Gasteiger partial charge in [-0.2, -0.15) is 5.43 Å². The SMILES string of the molecule is CN[n+]1cc(CO)c(CO)c(O)c1C. The maximum atomic E-state index is 9.69. The first-order valence-electron chi connectivity index (χ1n) is 4.31. The summed E-state index contributed by atoms with van der Waals surface area (Å²) in [6, 6.07) is 0. The van der Waals surface area contributed by atoms with Crippen LogP contribution in [0, 0.1) is 6.92 Å². The van der Waals surface area contributed by atoms with E-state index in [4.69, 9.17) is 10.2 Å². The molecule has 0 spiro atoms. The number of nitrogens with one attached hydrogen (secondary N) is 1. The molecule has 0 bridgehead atoms. The maximum absolute atomic E-state index is 9.69. The minimum atomic E-state index is -0.285. The van der Waals surface area contributed by atoms with Crippen molar-refractivity contribution in [1.82, 2.24) is 0 Å². The van der Waals surface area contributed by atoms with Gasteiger partial charge in [-0.1, -0.05) is 4.68 Å². The van der Waals surface area contributed by atoms with Gasteiger partial charge < -0.3 is 15.3 Å². The van der Waals surface area contributed by atoms with Crippen LogP contribution in [0.5, 0.6) is 5.75 Å². The lowest BCUT2D eigenvalue weighted by molar-refractivity contribution is -0.655. The van der Waals surface area contributed by atoms with Gasteiger partial charge in [0.25, 0.3) is 0 Å². The molecule has 5 nitrogen and oxygen atoms in total. The zero-order valence-electron chi connectivity index (χ0n) is 8.28. The van der Waals surface area contributed by atoms with Crippen LogP contribution in [-0.2, 0) is 13.2 Å². The first-order valence-corrected chi connectivity index (χ1v) is 4.31. The second-order valence-corrected chi connectivity index (χ2v) is 2.98. The summed E-state index contributed by atoms with van der Waals surface area (Å²) in [4.78, 5) is 0. The van der Waals surface area contributed by atoms with Crippen molar-refractivity contribution in [3.63, 3.8) is 0 Å². The normalized spacial score (nSPS) is 10.3. The van der Waals surface area contributed by atoms with Crippen LogP contribution in [0.2, 0.25) is 0 Å². The molecule has 0 saturated heterocycles. The van der Waals surface area contributed by atoms with Gasteiger partial charge in [-0.15, -0.1) is 0 Å². The van der Waals surface area contributed by atoms with Crippen molar-refractivity contribution < 1.29 is 20.0 Å². The monoisotopic (exact) mass is 199 g/mol. The molecule has 5 heteroatoms. The Kier molecular flexibility index (Phi) is 3.27. The molecule has 1 heterocycles. The van der Waals surface area contributed by atoms with E-state index in [1.807, 2.05) is 0 Å². The predicted molar refractivity (Wildman–Crippen MR) is 50.2 cm³/mol. The zero-order valence-corrected chi connectivity index (χ0v) is 8.28. The molecule has 1 aromatic heterocycles. The van der Waals surface area contributed by atoms with Gasteiger partial charge in [0.15, 0.2) is 5.75 Å². The average molecular weight is 199 g/mol. The molecule has 1 rings (SSSR count). The average Bonchev–Trinajstić information content (AvgIpc) is 2.21. The largest absolute Gasteiger partial charge is 0.502 e. The third-order valence-corrected chi connectivity index (χ3v) is 2.23. The van der Waals surface area contributed by atoms with E-state index in [2.05, 4.69) is 5.43 Å². The van der Waals surface area contributed by atoms with Crippen LogP contribution < -0.4 is 10.1 Å². The van der Waals surface area contributed by atoms with Crippen molar-refractivity contribution in [2.24, 2.45) is 0 Å². The summed E-state index contributed by atoms with van der Waals surface area (Å²) < 4.78 is 1.58. The molecule has 0 aliphatic carbocycles. The van der Waals surface area contributed by atoms with Crippen LogP contribution >= 0.6 is 0 Å². The van der Waals surface area contributed by atoms with Crippen molar-refractivity contribution in [1.29, 1.82) is 0 Å². The fourth-order valence-corrected chi connectivity index (χ4v) is 1.36. The smallest absolute Gasteiger partial charge is 0.250 e. The molecule has 0 fully saturated rings. The lowest BCUT2D eigenvalue weighted by Gasteiger charge is -2.08. The van der Waals surface area contributed by atoms with Gasteiger partial charge in [0.1, 0.15) is 0 Å². The standard InChI is InChI=1S/C9H14N2O3/c1-6-9(14)8(5-13)7(4-12)3-11(6)10-2/h3,10,12-13H,4-5H2,1-2H3/p+1. The highest BCUT2D eigenvalue weighted by atomic mass is 16.3. The molecule has 0 amide bonds. The Morgan fingerprint density at radius 3 is 2.43 bits per heavy atom. The zero-order chi connectivity index (χ0) is 10.7. The number of aliphatic hydroxyl groups excluding tert-OH is 2. The molecular formula is C9H15N2O3+. The summed E-state index contributed by atoms with van der Waals surface area (Å²) in [5.74, 6) is 0.00778. The Balaban J connectivity index is 3.38. The fraction of sp³-hybridized carbons (Fsp3) is 0.444. The summed E-state index contributed by atoms with van der Waals surface area (Å²) in [5, 5.41) is 27.7. The first kappa shape index (κ1) is 10.7. The number of nitrogens with zero attached hydrogens (tertiary/aromatic N) is 1. The Labute approximate surface area is 82.2 Å². The minimum absolute atomic E-state index is 0.00778. The van der Waals surface area contributed by atoms with Gasteiger partial charge >= 0.3 is 0 Å². The van der Waals surface area contributed by atoms with Crippen molar-refractivity contribution >= 4 is 0 Å². The third-order valence-electron chi connectivity index (χ3n) is 2.23. The van der Waals surface area contributed by atoms with Crippen molar-refractivity contribution in [2.45, 2.75) is 20.1 Å². The van der Waals surface area contributed by atoms with Crippen LogP contribution in [0.1, 0.15) is 16.8 Å². The van der Waals surface area contributed by atoms with Crippen molar-refractivity contribution in [3.8, 4) is 5.75 Å². The summed E-state index contributed by atoms with van der Waals surface area (Å²) in [6.45, 7) is 1.21. The molecule has 1 aromatic rings. The van der Waals surface area contributed by atoms with E-state index in [1.165, 1.54) is 0 Å². The fourth-order valence-electron chi connectivity index (χ4n) is 1.36. The van der Waals surface area contributed by atoms with E-state index in [0.29, 0.717) is 16.8 Å². The molecule has 0 saturated carbocycles. The highest BCUT2D eigenvalue weighted by molar-refractivity contribution is 5.37. The molecule has 78 valence electrons. The second kappa shape index (κ2) is 4.26. The van der Waals surface area contributed by atoms with Crippen LogP contribution in [0.15, 0.2) is 6.20 Å². The van der Waals surface area contributed by atoms with Gasteiger partial charge in [0.2, 0.25) is 11.9 Å². The van der Waals surface area contributed by atoms with Gasteiger partial charge in [-0.3, -0.25) is 0 Å². The van der Waals surface area contributed by atoms with E-state index in [-0.39, 0.29) is 19.0 Å². The molecule has 0 unspecified atom stereocenters. The Morgan fingerprint density at radius 2 is 2.00 bits per heavy atom. The molecule has 0 radical (unpaired) electrons. The van der Waals surface area contributed by atoms with Crippen LogP contribution in [0.4, 0.5) is 0 Å². The Morgan fingerprint density at radius 1 is 1.36 bits per heavy atom. The van der Waals surface area contributed by atoms with E-state index >= 15 is 0 Å². The topological polar surface area (TPSA) is 76.6 Å². The molecule has 0 aromatic carbocycles. The van der Waals surface area contributed by atoms with Crippen LogP contribution in [-0.4, -0.2) is 22.4 Å². The predicted octanol–water partition coefficient (Wildman–Crippen LogP) is -0.854. The third kappa shape index (κ3) is 1.64. The van der Waals surface area contributed by atoms with Crippen molar-refractivity contribution in [2.75, 3.05) is 12.5 Å². The Hall–Kier alpha value is -1.33. The maximum Gasteiger partial charge on any atom is 0.250 e. The molecular weight excluding hydrogens is 184 g/mol. The highest BCUT2D eigenvalue weighted by Crippen LogP contribution is 2.22. The number of aliphatic hydroxyl groups is 2. The highest BCUT2D eigenvalue weighted by Gasteiger charge is 2.19. The molecule has 0 atom stereocenters. The summed E-state index contributed by atoms with van der Waals surface area (Å²) in [7, 11) is 1.70. The lowest BCUT2D eigenvalue weighted by Crippen LogP contribution is -2.46. The van der Waals surface area contributed by atoms with E-state index in [9.17, 15) is 5.11 Å². The number of aromatic nitrogens is 1. The Bertz CT molecular complexity index is 339. The van der Waals surface area contributed by atoms with Crippen molar-refractivity contribution in [3.05, 3.63) is 23.0 Å². The number of hydrogen-bond acceptors (Lipinski definition) is 4. The van der Waals surface area contributed by atoms with Crippen LogP contribution in [0.3, 0.4) is 0 Å². The number of aromatic hydroxyl groups is 1. The number of hydrogen-bond donors (Lipinski definition) is 4. The summed E-state index contributed by atoms with van der Waals surface area (Å²) in [5.41, 5.74) is 4.29. The number of rotatable bonds is 3. The second-order valence-electron chi connectivity index (χ2n) is 2.98. The molecule has 4 N–H and O–H groups in total. The van der Waals surface area contributed by atoms with Gasteiger partial charge in [-0.05, 0) is 0 Å². The first-order chi connectivity index (χ1) is 6.65. The summed E-state index contributed by atoms with van der Waals surface area (Å²) >= 11 is 0. The van der Waals surface area contributed by atoms with Gasteiger partial charge in [-0.25, -0.2) is 0 Å². The molecule has 0 aliphatic heterocycles. The molecule has 0 aliphatic rings. The van der Waals surface area contributed by atoms with Crippen LogP contribution in [0.25, 0.3) is 0 Å².